The summed E-state index contributed by atoms with van der Waals surface area (Å²) in [4.78, 5) is 13.1. The highest BCUT2D eigenvalue weighted by Crippen LogP contribution is 2.39. The molecule has 2 heterocycles. The number of nitriles is 1. The van der Waals surface area contributed by atoms with Gasteiger partial charge in [0.2, 0.25) is 5.88 Å². The van der Waals surface area contributed by atoms with Gasteiger partial charge in [-0.1, -0.05) is 19.9 Å². The molecule has 9 nitrogen and oxygen atoms in total. The first-order valence-corrected chi connectivity index (χ1v) is 12.4. The second-order valence-corrected chi connectivity index (χ2v) is 11.3. The molecule has 0 radical (unpaired) electrons. The highest BCUT2D eigenvalue weighted by atomic mass is 32.2. The lowest BCUT2D eigenvalue weighted by Gasteiger charge is -2.30. The zero-order valence-corrected chi connectivity index (χ0v) is 19.0. The number of benzene rings is 1. The van der Waals surface area contributed by atoms with Crippen LogP contribution in [0.25, 0.3) is 0 Å². The fourth-order valence-corrected chi connectivity index (χ4v) is 6.17. The molecule has 0 bridgehead atoms. The van der Waals surface area contributed by atoms with Crippen LogP contribution < -0.4 is 14.8 Å². The minimum atomic E-state index is -3.61. The van der Waals surface area contributed by atoms with E-state index in [0.29, 0.717) is 13.2 Å². The van der Waals surface area contributed by atoms with Gasteiger partial charge in [0, 0.05) is 11.1 Å². The van der Waals surface area contributed by atoms with E-state index in [2.05, 4.69) is 25.6 Å². The Morgan fingerprint density at radius 1 is 1.25 bits per heavy atom. The number of nitrogens with one attached hydrogen (secondary N) is 2. The van der Waals surface area contributed by atoms with Crippen molar-refractivity contribution in [3.63, 3.8) is 0 Å². The number of anilines is 1. The molecule has 3 aliphatic rings. The summed E-state index contributed by atoms with van der Waals surface area (Å²) < 4.78 is 27.2. The third-order valence-corrected chi connectivity index (χ3v) is 8.00. The minimum Gasteiger partial charge on any atom is -0.476 e. The van der Waals surface area contributed by atoms with Crippen molar-refractivity contribution < 1.29 is 13.7 Å². The van der Waals surface area contributed by atoms with Gasteiger partial charge < -0.3 is 10.1 Å². The average Bonchev–Trinajstić information content (AvgIpc) is 3.45. The van der Waals surface area contributed by atoms with Crippen LogP contribution in [0.4, 0.5) is 10.5 Å². The van der Waals surface area contributed by atoms with Gasteiger partial charge in [0.15, 0.2) is 21.0 Å². The molecule has 0 fully saturated rings. The van der Waals surface area contributed by atoms with Crippen LogP contribution in [0.1, 0.15) is 48.9 Å². The first kappa shape index (κ1) is 20.8. The molecule has 168 valence electrons. The van der Waals surface area contributed by atoms with Crippen LogP contribution in [0.2, 0.25) is 0 Å². The molecule has 10 heteroatoms. The van der Waals surface area contributed by atoms with Crippen molar-refractivity contribution in [2.45, 2.75) is 63.8 Å². The maximum absolute atomic E-state index is 13.7. The van der Waals surface area contributed by atoms with E-state index < -0.39 is 15.9 Å². The Morgan fingerprint density at radius 3 is 2.59 bits per heavy atom. The van der Waals surface area contributed by atoms with Crippen molar-refractivity contribution in [2.75, 3.05) is 11.9 Å². The number of aromatic nitrogens is 2. The number of urea groups is 1. The van der Waals surface area contributed by atoms with Gasteiger partial charge in [-0.2, -0.15) is 10.4 Å². The smallest absolute Gasteiger partial charge is 0.355 e. The van der Waals surface area contributed by atoms with Crippen LogP contribution >= 0.6 is 0 Å². The summed E-state index contributed by atoms with van der Waals surface area (Å²) in [7, 11) is -3.61. The Balaban J connectivity index is 1.52. The SMILES string of the molecule is CC1(C)COc2c([S@@](=O)(=NC(=O)Nc3c4c(cc5c3CCC5)CCC4)NC#N)cnn2C1. The maximum Gasteiger partial charge on any atom is 0.355 e. The van der Waals surface area contributed by atoms with Crippen LogP contribution in [0.3, 0.4) is 0 Å². The molecule has 5 rings (SSSR count). The van der Waals surface area contributed by atoms with Crippen molar-refractivity contribution in [3.05, 3.63) is 34.5 Å². The van der Waals surface area contributed by atoms with Gasteiger partial charge in [-0.25, -0.2) is 18.4 Å². The molecular weight excluding hydrogens is 428 g/mol. The Kier molecular flexibility index (Phi) is 4.89. The van der Waals surface area contributed by atoms with Gasteiger partial charge in [0.25, 0.3) is 0 Å². The zero-order chi connectivity index (χ0) is 22.5. The number of carbonyl (C=O) groups excluding carboxylic acids is 1. The van der Waals surface area contributed by atoms with Crippen LogP contribution in [0.5, 0.6) is 5.88 Å². The molecule has 1 aromatic carbocycles. The largest absolute Gasteiger partial charge is 0.476 e. The van der Waals surface area contributed by atoms with E-state index in [4.69, 9.17) is 4.74 Å². The van der Waals surface area contributed by atoms with Crippen molar-refractivity contribution in [1.82, 2.24) is 14.5 Å². The number of ether oxygens (including phenoxy) is 1. The van der Waals surface area contributed by atoms with Gasteiger partial charge in [-0.05, 0) is 60.8 Å². The Bertz CT molecular complexity index is 1250. The number of amides is 2. The highest BCUT2D eigenvalue weighted by molar-refractivity contribution is 7.92. The Morgan fingerprint density at radius 2 is 1.94 bits per heavy atom. The number of nitrogens with zero attached hydrogens (tertiary/aromatic N) is 4. The van der Waals surface area contributed by atoms with Crippen molar-refractivity contribution in [1.29, 1.82) is 5.26 Å². The van der Waals surface area contributed by atoms with Gasteiger partial charge in [-0.15, -0.1) is 4.36 Å². The summed E-state index contributed by atoms with van der Waals surface area (Å²) in [6, 6.07) is 1.53. The highest BCUT2D eigenvalue weighted by Gasteiger charge is 2.33. The summed E-state index contributed by atoms with van der Waals surface area (Å²) >= 11 is 0. The summed E-state index contributed by atoms with van der Waals surface area (Å²) in [6.07, 6.45) is 8.98. The molecule has 1 aromatic heterocycles. The molecule has 2 aromatic rings. The van der Waals surface area contributed by atoms with Gasteiger partial charge >= 0.3 is 6.03 Å². The fraction of sp³-hybridized carbons (Fsp3) is 0.500. The number of hydrogen-bond acceptors (Lipinski definition) is 5. The standard InChI is InChI=1S/C22H26N6O3S/c1-22(2)11-28-20(31-12-22)18(10-24-28)32(30,25-13-23)27-21(29)26-19-16-7-3-5-14(16)9-15-6-4-8-17(15)19/h9-10H,3-8,11-12H2,1-2H3,(H2,25,26,27,29,30)/t32-/m0/s1. The number of fused-ring (bicyclic) bond motifs is 3. The molecule has 1 aliphatic heterocycles. The van der Waals surface area contributed by atoms with E-state index in [0.717, 1.165) is 55.3 Å². The second kappa shape index (κ2) is 7.52. The fourth-order valence-electron chi connectivity index (χ4n) is 4.92. The molecule has 0 saturated heterocycles. The number of hydrogen-bond donors (Lipinski definition) is 2. The van der Waals surface area contributed by atoms with E-state index in [9.17, 15) is 14.3 Å². The average molecular weight is 455 g/mol. The molecular formula is C22H26N6O3S. The van der Waals surface area contributed by atoms with Gasteiger partial charge in [0.1, 0.15) is 0 Å². The third kappa shape index (κ3) is 3.50. The lowest BCUT2D eigenvalue weighted by molar-refractivity contribution is 0.0971. The predicted octanol–water partition coefficient (Wildman–Crippen LogP) is 3.32. The molecule has 0 unspecified atom stereocenters. The van der Waals surface area contributed by atoms with Crippen molar-refractivity contribution in [3.8, 4) is 12.1 Å². The predicted molar refractivity (Wildman–Crippen MR) is 119 cm³/mol. The molecule has 0 spiro atoms. The molecule has 2 aliphatic carbocycles. The van der Waals surface area contributed by atoms with Crippen LogP contribution in [-0.4, -0.2) is 26.6 Å². The molecule has 0 saturated carbocycles. The molecule has 1 atom stereocenters. The number of aryl methyl sites for hydroxylation is 2. The van der Waals surface area contributed by atoms with E-state index in [1.807, 2.05) is 13.8 Å². The Hall–Kier alpha value is -3.06. The monoisotopic (exact) mass is 454 g/mol. The zero-order valence-electron chi connectivity index (χ0n) is 18.2. The molecule has 2 N–H and O–H groups in total. The second-order valence-electron chi connectivity index (χ2n) is 9.42. The van der Waals surface area contributed by atoms with Crippen LogP contribution in [-0.2, 0) is 42.1 Å². The molecule has 32 heavy (non-hydrogen) atoms. The summed E-state index contributed by atoms with van der Waals surface area (Å²) in [5, 5.41) is 16.4. The van der Waals surface area contributed by atoms with Gasteiger partial charge in [0.05, 0.1) is 19.3 Å². The van der Waals surface area contributed by atoms with Crippen molar-refractivity contribution in [2.24, 2.45) is 9.78 Å². The van der Waals surface area contributed by atoms with E-state index in [1.54, 1.807) is 10.9 Å². The number of carbonyl (C=O) groups is 1. The quantitative estimate of drug-likeness (QED) is 0.544. The van der Waals surface area contributed by atoms with Crippen molar-refractivity contribution >= 4 is 21.6 Å². The minimum absolute atomic E-state index is 0.105. The lowest BCUT2D eigenvalue weighted by Crippen LogP contribution is -2.33. The third-order valence-electron chi connectivity index (χ3n) is 6.34. The normalized spacial score (nSPS) is 19.5. The van der Waals surface area contributed by atoms with E-state index >= 15 is 0 Å². The van der Waals surface area contributed by atoms with Crippen LogP contribution in [0.15, 0.2) is 21.5 Å². The van der Waals surface area contributed by atoms with E-state index in [-0.39, 0.29) is 16.2 Å². The molecule has 2 amide bonds. The first-order valence-electron chi connectivity index (χ1n) is 10.9. The topological polar surface area (TPSA) is 121 Å². The van der Waals surface area contributed by atoms with Gasteiger partial charge in [-0.3, -0.25) is 0 Å². The maximum atomic E-state index is 13.7. The Labute approximate surface area is 187 Å². The summed E-state index contributed by atoms with van der Waals surface area (Å²) in [5.41, 5.74) is 5.54. The van der Waals surface area contributed by atoms with Crippen LogP contribution in [0, 0.1) is 16.9 Å². The lowest BCUT2D eigenvalue weighted by atomic mass is 9.94. The summed E-state index contributed by atoms with van der Waals surface area (Å²) in [6.45, 7) is 5.05. The van der Waals surface area contributed by atoms with E-state index in [1.165, 1.54) is 17.3 Å². The summed E-state index contributed by atoms with van der Waals surface area (Å²) in [5.74, 6) is 0.273. The first-order chi connectivity index (χ1) is 15.3. The number of rotatable bonds is 3.